The van der Waals surface area contributed by atoms with Crippen LogP contribution in [-0.2, 0) is 28.7 Å². The van der Waals surface area contributed by atoms with E-state index in [0.717, 1.165) is 12.4 Å². The second-order valence-corrected chi connectivity index (χ2v) is 9.17. The summed E-state index contributed by atoms with van der Waals surface area (Å²) in [6, 6.07) is 8.28. The smallest absolute Gasteiger partial charge is 0.328 e. The summed E-state index contributed by atoms with van der Waals surface area (Å²) in [6.07, 6.45) is 2.24. The lowest BCUT2D eigenvalue weighted by atomic mass is 10.0. The van der Waals surface area contributed by atoms with Crippen molar-refractivity contribution in [3.8, 4) is 22.6 Å². The van der Waals surface area contributed by atoms with Gasteiger partial charge in [0.15, 0.2) is 11.8 Å². The van der Waals surface area contributed by atoms with Crippen LogP contribution >= 0.6 is 0 Å². The maximum absolute atomic E-state index is 12.1. The molecular weight excluding hydrogens is 580 g/mol. The van der Waals surface area contributed by atoms with Gasteiger partial charge in [0, 0.05) is 26.6 Å². The molecule has 2 fully saturated rings. The molecule has 2 heterocycles. The van der Waals surface area contributed by atoms with E-state index in [9.17, 15) is 28.8 Å². The van der Waals surface area contributed by atoms with Crippen LogP contribution in [0.15, 0.2) is 46.4 Å². The summed E-state index contributed by atoms with van der Waals surface area (Å²) in [5.41, 5.74) is 1.96. The number of nitrogens with one attached hydrogen (secondary N) is 4. The predicted octanol–water partition coefficient (Wildman–Crippen LogP) is 0.773. The number of imide groups is 4. The summed E-state index contributed by atoms with van der Waals surface area (Å²) in [5.74, 6) is -5.21. The number of rotatable bonds is 13. The molecule has 2 aliphatic heterocycles. The Hall–Kier alpha value is -5.48. The molecule has 2 aromatic carbocycles. The van der Waals surface area contributed by atoms with Crippen LogP contribution in [0.4, 0.5) is 21.0 Å². The fourth-order valence-electron chi connectivity index (χ4n) is 3.94. The van der Waals surface area contributed by atoms with Gasteiger partial charge in [0.05, 0.1) is 13.2 Å². The minimum absolute atomic E-state index is 0.175. The Kier molecular flexibility index (Phi) is 10.4. The van der Waals surface area contributed by atoms with Crippen molar-refractivity contribution < 1.29 is 47.7 Å². The monoisotopic (exact) mass is 608 g/mol. The Morgan fingerprint density at radius 3 is 1.30 bits per heavy atom. The Labute approximate surface area is 250 Å². The van der Waals surface area contributed by atoms with Crippen molar-refractivity contribution in [1.29, 1.82) is 0 Å². The van der Waals surface area contributed by atoms with Crippen LogP contribution in [-0.4, -0.2) is 88.8 Å². The number of benzene rings is 2. The molecule has 0 bridgehead atoms. The van der Waals surface area contributed by atoms with Crippen LogP contribution in [0.1, 0.15) is 0 Å². The third-order valence-corrected chi connectivity index (χ3v) is 6.15. The molecule has 8 amide bonds. The number of aliphatic imine (C=N–C) groups is 2. The highest BCUT2D eigenvalue weighted by atomic mass is 16.5. The first-order valence-corrected chi connectivity index (χ1v) is 13.1. The Balaban J connectivity index is 1.63. The highest BCUT2D eigenvalue weighted by Crippen LogP contribution is 2.37. The quantitative estimate of drug-likeness (QED) is 0.142. The third kappa shape index (κ3) is 7.87. The molecule has 0 spiro atoms. The predicted molar refractivity (Wildman–Crippen MR) is 153 cm³/mol. The average Bonchev–Trinajstić information content (AvgIpc) is 2.97. The van der Waals surface area contributed by atoms with Crippen LogP contribution < -0.4 is 30.7 Å². The number of nitrogens with zero attached hydrogens (tertiary/aromatic N) is 2. The first kappa shape index (κ1) is 31.5. The molecule has 16 heteroatoms. The summed E-state index contributed by atoms with van der Waals surface area (Å²) in [7, 11) is 3.03. The highest BCUT2D eigenvalue weighted by Gasteiger charge is 2.33. The fraction of sp³-hybridized carbons (Fsp3) is 0.286. The van der Waals surface area contributed by atoms with Gasteiger partial charge in [-0.2, -0.15) is 0 Å². The number of methoxy groups -OCH3 is 2. The summed E-state index contributed by atoms with van der Waals surface area (Å²) in [6.45, 7) is 0.902. The van der Waals surface area contributed by atoms with Gasteiger partial charge in [-0.3, -0.25) is 50.4 Å². The number of hydrogen-bond donors (Lipinski definition) is 4. The normalized spacial score (nSPS) is 16.2. The zero-order valence-corrected chi connectivity index (χ0v) is 23.6. The Morgan fingerprint density at radius 2 is 0.955 bits per heavy atom. The maximum Gasteiger partial charge on any atom is 0.328 e. The van der Waals surface area contributed by atoms with E-state index in [1.165, 1.54) is 14.2 Å². The maximum atomic E-state index is 12.1. The van der Waals surface area contributed by atoms with E-state index in [-0.39, 0.29) is 26.4 Å². The van der Waals surface area contributed by atoms with Crippen molar-refractivity contribution in [1.82, 2.24) is 21.3 Å². The third-order valence-electron chi connectivity index (χ3n) is 6.15. The molecule has 4 rings (SSSR count). The van der Waals surface area contributed by atoms with E-state index < -0.39 is 47.5 Å². The summed E-state index contributed by atoms with van der Waals surface area (Å²) in [4.78, 5) is 79.6. The van der Waals surface area contributed by atoms with Gasteiger partial charge in [-0.15, -0.1) is 0 Å². The molecular formula is C28H28N6O10. The first-order chi connectivity index (χ1) is 21.2. The number of urea groups is 2. The first-order valence-electron chi connectivity index (χ1n) is 13.1. The number of hydrogen-bond acceptors (Lipinski definition) is 12. The van der Waals surface area contributed by atoms with Gasteiger partial charge in [0.2, 0.25) is 23.6 Å². The SMILES string of the molecule is COCCOc1cc(-c2ccc(N=CC3C(=O)NC(=O)NC3=O)c(OCCOC)c2)ccc1N=CC1C(=O)NC(=O)NC1=O. The molecule has 4 N–H and O–H groups in total. The molecule has 0 aliphatic carbocycles. The fourth-order valence-corrected chi connectivity index (χ4v) is 3.94. The van der Waals surface area contributed by atoms with Gasteiger partial charge in [-0.1, -0.05) is 12.1 Å². The lowest BCUT2D eigenvalue weighted by Crippen LogP contribution is -2.56. The van der Waals surface area contributed by atoms with Crippen molar-refractivity contribution in [2.24, 2.45) is 21.8 Å². The molecule has 2 aliphatic rings. The van der Waals surface area contributed by atoms with Crippen molar-refractivity contribution in [2.45, 2.75) is 0 Å². The Morgan fingerprint density at radius 1 is 0.591 bits per heavy atom. The van der Waals surface area contributed by atoms with Crippen LogP contribution in [0, 0.1) is 11.8 Å². The minimum atomic E-state index is -1.31. The van der Waals surface area contributed by atoms with Crippen molar-refractivity contribution in [2.75, 3.05) is 40.6 Å². The number of ether oxygens (including phenoxy) is 4. The molecule has 0 radical (unpaired) electrons. The van der Waals surface area contributed by atoms with E-state index in [2.05, 4.69) is 9.98 Å². The molecule has 0 aromatic heterocycles. The molecule has 44 heavy (non-hydrogen) atoms. The van der Waals surface area contributed by atoms with Gasteiger partial charge < -0.3 is 18.9 Å². The van der Waals surface area contributed by atoms with Crippen molar-refractivity contribution in [3.05, 3.63) is 36.4 Å². The molecule has 2 saturated heterocycles. The van der Waals surface area contributed by atoms with Crippen molar-refractivity contribution in [3.63, 3.8) is 0 Å². The number of carbonyl (C=O) groups is 6. The topological polar surface area (TPSA) is 212 Å². The van der Waals surface area contributed by atoms with E-state index in [0.29, 0.717) is 34.0 Å². The average molecular weight is 609 g/mol. The van der Waals surface area contributed by atoms with E-state index in [4.69, 9.17) is 18.9 Å². The second kappa shape index (κ2) is 14.6. The summed E-state index contributed by atoms with van der Waals surface area (Å²) in [5, 5.41) is 8.05. The van der Waals surface area contributed by atoms with Crippen LogP contribution in [0.2, 0.25) is 0 Å². The largest absolute Gasteiger partial charge is 0.489 e. The second-order valence-electron chi connectivity index (χ2n) is 9.17. The number of carbonyl (C=O) groups excluding carboxylic acids is 6. The summed E-state index contributed by atoms with van der Waals surface area (Å²) >= 11 is 0. The lowest BCUT2D eigenvalue weighted by Gasteiger charge is -2.17. The molecule has 230 valence electrons. The van der Waals surface area contributed by atoms with Crippen LogP contribution in [0.25, 0.3) is 11.1 Å². The highest BCUT2D eigenvalue weighted by molar-refractivity contribution is 6.24. The Bertz CT molecular complexity index is 1390. The lowest BCUT2D eigenvalue weighted by molar-refractivity contribution is -0.134. The van der Waals surface area contributed by atoms with E-state index in [1.807, 2.05) is 21.3 Å². The molecule has 0 unspecified atom stereocenters. The zero-order chi connectivity index (χ0) is 31.6. The van der Waals surface area contributed by atoms with Crippen LogP contribution in [0.3, 0.4) is 0 Å². The molecule has 16 nitrogen and oxygen atoms in total. The van der Waals surface area contributed by atoms with Crippen molar-refractivity contribution >= 4 is 59.5 Å². The van der Waals surface area contributed by atoms with E-state index in [1.54, 1.807) is 36.4 Å². The zero-order valence-electron chi connectivity index (χ0n) is 23.6. The van der Waals surface area contributed by atoms with Gasteiger partial charge in [-0.05, 0) is 35.4 Å². The van der Waals surface area contributed by atoms with Gasteiger partial charge >= 0.3 is 12.1 Å². The number of amides is 8. The summed E-state index contributed by atoms with van der Waals surface area (Å²) < 4.78 is 21.8. The minimum Gasteiger partial charge on any atom is -0.489 e. The van der Waals surface area contributed by atoms with Gasteiger partial charge in [0.1, 0.15) is 36.1 Å². The van der Waals surface area contributed by atoms with Gasteiger partial charge in [0.25, 0.3) is 0 Å². The molecule has 2 aromatic rings. The number of barbiturate groups is 2. The van der Waals surface area contributed by atoms with E-state index >= 15 is 0 Å². The standard InChI is InChI=1S/C28H28N6O10/c1-41-7-9-43-21-11-15(3-5-19(21)29-13-17-23(35)31-27(39)32-24(17)36)16-4-6-20(22(12-16)44-10-8-42-2)30-14-18-25(37)33-28(40)34-26(18)38/h3-6,11-14,17-18H,7-10H2,1-2H3,(H2,31,32,35,36,39)(H2,33,34,37,38,40). The molecule has 0 saturated carbocycles. The van der Waals surface area contributed by atoms with Crippen LogP contribution in [0.5, 0.6) is 11.5 Å². The molecule has 0 atom stereocenters. The van der Waals surface area contributed by atoms with Gasteiger partial charge in [-0.25, -0.2) is 9.59 Å².